The number of para-hydroxylation sites is 1. The van der Waals surface area contributed by atoms with Crippen molar-refractivity contribution in [2.45, 2.75) is 51.2 Å². The van der Waals surface area contributed by atoms with E-state index in [0.717, 1.165) is 17.5 Å². The molecule has 1 aromatic heterocycles. The van der Waals surface area contributed by atoms with Gasteiger partial charge in [-0.3, -0.25) is 0 Å². The number of ether oxygens (including phenoxy) is 1. The molecular weight excluding hydrogens is 380 g/mol. The van der Waals surface area contributed by atoms with E-state index in [1.807, 2.05) is 30.3 Å². The Morgan fingerprint density at radius 2 is 1.83 bits per heavy atom. The minimum atomic E-state index is -0.543. The van der Waals surface area contributed by atoms with Crippen LogP contribution < -0.4 is 15.4 Å². The molecule has 7 heteroatoms. The van der Waals surface area contributed by atoms with Gasteiger partial charge in [-0.25, -0.2) is 9.48 Å². The van der Waals surface area contributed by atoms with Crippen LogP contribution in [-0.4, -0.2) is 39.7 Å². The lowest BCUT2D eigenvalue weighted by Gasteiger charge is -2.54. The standard InChI is InChI=1S/C23H30N4O3/c1-14(28)12-24-22-20(13-25-27(22)19-5-3-2-4-6-19)30-23(29)26-21-17-8-15-7-16(10-17)11-18(21)9-15/h2-6,13-18,21,24,28H,7-12H2,1H3,(H,26,29). The minimum absolute atomic E-state index is 0.225. The molecule has 30 heavy (non-hydrogen) atoms. The number of nitrogens with zero attached hydrogens (tertiary/aromatic N) is 2. The number of anilines is 1. The van der Waals surface area contributed by atoms with Gasteiger partial charge in [0.15, 0.2) is 11.6 Å². The van der Waals surface area contributed by atoms with Gasteiger partial charge < -0.3 is 20.5 Å². The topological polar surface area (TPSA) is 88.4 Å². The highest BCUT2D eigenvalue weighted by Gasteiger charge is 2.48. The van der Waals surface area contributed by atoms with Crippen LogP contribution in [0.3, 0.4) is 0 Å². The molecule has 4 aliphatic rings. The summed E-state index contributed by atoms with van der Waals surface area (Å²) in [5.41, 5.74) is 0.849. The van der Waals surface area contributed by atoms with Gasteiger partial charge in [-0.1, -0.05) is 18.2 Å². The van der Waals surface area contributed by atoms with Gasteiger partial charge in [-0.2, -0.15) is 5.10 Å². The first-order chi connectivity index (χ1) is 14.6. The van der Waals surface area contributed by atoms with Crippen LogP contribution >= 0.6 is 0 Å². The summed E-state index contributed by atoms with van der Waals surface area (Å²) in [4.78, 5) is 12.8. The fourth-order valence-corrected chi connectivity index (χ4v) is 6.01. The molecule has 4 aliphatic carbocycles. The van der Waals surface area contributed by atoms with E-state index in [0.29, 0.717) is 29.9 Å². The fourth-order valence-electron chi connectivity index (χ4n) is 6.01. The van der Waals surface area contributed by atoms with Gasteiger partial charge in [0.25, 0.3) is 0 Å². The molecule has 1 aromatic carbocycles. The van der Waals surface area contributed by atoms with Crippen LogP contribution in [0.1, 0.15) is 39.0 Å². The zero-order chi connectivity index (χ0) is 20.7. The lowest BCUT2D eigenvalue weighted by atomic mass is 9.54. The summed E-state index contributed by atoms with van der Waals surface area (Å²) in [7, 11) is 0. The number of hydrogen-bond acceptors (Lipinski definition) is 5. The molecular formula is C23H30N4O3. The second-order valence-electron chi connectivity index (χ2n) is 9.33. The van der Waals surface area contributed by atoms with E-state index >= 15 is 0 Å². The molecule has 1 heterocycles. The van der Waals surface area contributed by atoms with Crippen LogP contribution in [0.25, 0.3) is 5.69 Å². The van der Waals surface area contributed by atoms with Gasteiger partial charge in [-0.15, -0.1) is 0 Å². The Labute approximate surface area is 176 Å². The summed E-state index contributed by atoms with van der Waals surface area (Å²) >= 11 is 0. The molecule has 6 rings (SSSR count). The maximum absolute atomic E-state index is 12.8. The number of benzene rings is 1. The van der Waals surface area contributed by atoms with Gasteiger partial charge in [0, 0.05) is 12.6 Å². The molecule has 3 N–H and O–H groups in total. The lowest BCUT2D eigenvalue weighted by molar-refractivity contribution is -0.0114. The van der Waals surface area contributed by atoms with E-state index in [4.69, 9.17) is 4.74 Å². The van der Waals surface area contributed by atoms with Crippen molar-refractivity contribution in [3.8, 4) is 11.4 Å². The fraction of sp³-hybridized carbons (Fsp3) is 0.565. The van der Waals surface area contributed by atoms with Crippen LogP contribution in [-0.2, 0) is 0 Å². The smallest absolute Gasteiger partial charge is 0.405 e. The van der Waals surface area contributed by atoms with E-state index in [9.17, 15) is 9.90 Å². The molecule has 4 bridgehead atoms. The van der Waals surface area contributed by atoms with Crippen molar-refractivity contribution in [2.75, 3.05) is 11.9 Å². The number of carbonyl (C=O) groups is 1. The van der Waals surface area contributed by atoms with E-state index in [2.05, 4.69) is 15.7 Å². The number of nitrogens with one attached hydrogen (secondary N) is 2. The highest BCUT2D eigenvalue weighted by Crippen LogP contribution is 2.53. The summed E-state index contributed by atoms with van der Waals surface area (Å²) in [6, 6.07) is 9.87. The summed E-state index contributed by atoms with van der Waals surface area (Å²) in [6.45, 7) is 2.03. The van der Waals surface area contributed by atoms with Crippen molar-refractivity contribution in [2.24, 2.45) is 23.7 Å². The molecule has 0 aliphatic heterocycles. The van der Waals surface area contributed by atoms with E-state index in [1.165, 1.54) is 32.1 Å². The predicted molar refractivity (Wildman–Crippen MR) is 114 cm³/mol. The van der Waals surface area contributed by atoms with E-state index in [1.54, 1.807) is 17.8 Å². The average molecular weight is 411 g/mol. The molecule has 0 radical (unpaired) electrons. The molecule has 160 valence electrons. The third kappa shape index (κ3) is 3.78. The largest absolute Gasteiger partial charge is 0.413 e. The zero-order valence-electron chi connectivity index (χ0n) is 17.3. The molecule has 7 nitrogen and oxygen atoms in total. The molecule has 1 unspecified atom stereocenters. The number of aliphatic hydroxyl groups excluding tert-OH is 1. The summed E-state index contributed by atoms with van der Waals surface area (Å²) in [6.07, 6.45) is 6.94. The van der Waals surface area contributed by atoms with Crippen LogP contribution in [0.2, 0.25) is 0 Å². The van der Waals surface area contributed by atoms with Crippen molar-refractivity contribution in [3.63, 3.8) is 0 Å². The second-order valence-corrected chi connectivity index (χ2v) is 9.33. The third-order valence-corrected chi connectivity index (χ3v) is 7.02. The molecule has 2 aromatic rings. The van der Waals surface area contributed by atoms with Crippen molar-refractivity contribution in [3.05, 3.63) is 36.5 Å². The number of carbonyl (C=O) groups excluding carboxylic acids is 1. The lowest BCUT2D eigenvalue weighted by Crippen LogP contribution is -2.56. The maximum atomic E-state index is 12.8. The number of rotatable bonds is 6. The molecule has 4 fully saturated rings. The van der Waals surface area contributed by atoms with Crippen molar-refractivity contribution in [1.29, 1.82) is 0 Å². The van der Waals surface area contributed by atoms with Crippen molar-refractivity contribution >= 4 is 11.9 Å². The minimum Gasteiger partial charge on any atom is -0.405 e. The first-order valence-corrected chi connectivity index (χ1v) is 11.1. The second kappa shape index (κ2) is 7.95. The summed E-state index contributed by atoms with van der Waals surface area (Å²) < 4.78 is 7.40. The van der Waals surface area contributed by atoms with Gasteiger partial charge in [0.1, 0.15) is 0 Å². The van der Waals surface area contributed by atoms with Crippen molar-refractivity contribution < 1.29 is 14.6 Å². The molecule has 0 spiro atoms. The van der Waals surface area contributed by atoms with Crippen LogP contribution in [0.4, 0.5) is 10.6 Å². The number of aromatic nitrogens is 2. The quantitative estimate of drug-likeness (QED) is 0.677. The van der Waals surface area contributed by atoms with Crippen LogP contribution in [0.5, 0.6) is 5.75 Å². The monoisotopic (exact) mass is 410 g/mol. The molecule has 4 saturated carbocycles. The molecule has 1 atom stereocenters. The van der Waals surface area contributed by atoms with E-state index < -0.39 is 12.2 Å². The first kappa shape index (κ1) is 19.4. The number of aliphatic hydroxyl groups is 1. The highest BCUT2D eigenvalue weighted by atomic mass is 16.6. The molecule has 1 amide bonds. The average Bonchev–Trinajstić information content (AvgIpc) is 3.11. The normalized spacial score (nSPS) is 30.1. The zero-order valence-corrected chi connectivity index (χ0v) is 17.3. The Morgan fingerprint density at radius 1 is 1.17 bits per heavy atom. The Morgan fingerprint density at radius 3 is 2.47 bits per heavy atom. The summed E-state index contributed by atoms with van der Waals surface area (Å²) in [5.74, 6) is 3.83. The van der Waals surface area contributed by atoms with Crippen LogP contribution in [0, 0.1) is 23.7 Å². The highest BCUT2D eigenvalue weighted by molar-refractivity contribution is 5.73. The Kier molecular flexibility index (Phi) is 5.15. The number of amides is 1. The van der Waals surface area contributed by atoms with Gasteiger partial charge in [-0.05, 0) is 74.8 Å². The Bertz CT molecular complexity index is 867. The Hall–Kier alpha value is -2.54. The van der Waals surface area contributed by atoms with Gasteiger partial charge in [0.05, 0.1) is 18.0 Å². The maximum Gasteiger partial charge on any atom is 0.413 e. The number of hydrogen-bond donors (Lipinski definition) is 3. The van der Waals surface area contributed by atoms with Gasteiger partial charge >= 0.3 is 6.09 Å². The Balaban J connectivity index is 1.31. The summed E-state index contributed by atoms with van der Waals surface area (Å²) in [5, 5.41) is 20.5. The first-order valence-electron chi connectivity index (χ1n) is 11.1. The molecule has 0 saturated heterocycles. The third-order valence-electron chi connectivity index (χ3n) is 7.02. The van der Waals surface area contributed by atoms with Crippen LogP contribution in [0.15, 0.2) is 36.5 Å². The predicted octanol–water partition coefficient (Wildman–Crippen LogP) is 3.58. The SMILES string of the molecule is CC(O)CNc1c(OC(=O)NC2C3CC4CC(C3)CC2C4)cnn1-c1ccccc1. The van der Waals surface area contributed by atoms with E-state index in [-0.39, 0.29) is 6.04 Å². The van der Waals surface area contributed by atoms with Crippen molar-refractivity contribution in [1.82, 2.24) is 15.1 Å². The van der Waals surface area contributed by atoms with Gasteiger partial charge in [0.2, 0.25) is 0 Å².